The number of aliphatic carboxylic acids is 1. The number of carbonyl (C=O) groups is 3. The molecule has 2 amide bonds. The molecule has 0 saturated carbocycles. The first kappa shape index (κ1) is 25.5. The number of nitrogen functional groups attached to an aromatic ring is 1. The Morgan fingerprint density at radius 1 is 1.36 bits per heavy atom. The summed E-state index contributed by atoms with van der Waals surface area (Å²) in [6.07, 6.45) is 0. The van der Waals surface area contributed by atoms with E-state index in [4.69, 9.17) is 5.73 Å². The number of thiazole rings is 1. The van der Waals surface area contributed by atoms with Crippen molar-refractivity contribution in [3.8, 4) is 5.88 Å². The van der Waals surface area contributed by atoms with E-state index < -0.39 is 46.4 Å². The van der Waals surface area contributed by atoms with Crippen molar-refractivity contribution in [2.24, 2.45) is 5.16 Å². The zero-order valence-corrected chi connectivity index (χ0v) is 20.8. The molecule has 36 heavy (non-hydrogen) atoms. The first-order valence-electron chi connectivity index (χ1n) is 10.1. The zero-order chi connectivity index (χ0) is 26.1. The fourth-order valence-corrected chi connectivity index (χ4v) is 6.58. The van der Waals surface area contributed by atoms with Gasteiger partial charge in [0.2, 0.25) is 0 Å². The number of rotatable bonds is 8. The van der Waals surface area contributed by atoms with Crippen molar-refractivity contribution in [1.29, 1.82) is 0 Å². The van der Waals surface area contributed by atoms with Gasteiger partial charge in [-0.05, 0) is 12.5 Å². The third kappa shape index (κ3) is 4.49. The van der Waals surface area contributed by atoms with Gasteiger partial charge in [-0.2, -0.15) is 0 Å². The molecule has 2 aromatic rings. The van der Waals surface area contributed by atoms with Crippen LogP contribution in [0.5, 0.6) is 5.88 Å². The summed E-state index contributed by atoms with van der Waals surface area (Å²) >= 11 is 3.32. The van der Waals surface area contributed by atoms with Crippen molar-refractivity contribution in [3.63, 3.8) is 0 Å². The van der Waals surface area contributed by atoms with Crippen LogP contribution in [0.1, 0.15) is 12.6 Å². The third-order valence-corrected chi connectivity index (χ3v) is 8.27. The standard InChI is InChI=1S/C18H18N8O7S3/c1-2-25-14(30)12(28)22-23-18(25)36-4-6-3-34-15-9(13(29)26(15)10(6)16(31)32)21-11(27)8(24-33)7-5-35-17(19)20-7/h5,9,15,33H,2-4H2,1H3,(H2,19,20)(H,21,27)(H,22,28)(H,31,32)/b24-8-/t9?,15-/m1/s1. The van der Waals surface area contributed by atoms with Gasteiger partial charge in [-0.15, -0.1) is 33.3 Å². The highest BCUT2D eigenvalue weighted by atomic mass is 32.2. The summed E-state index contributed by atoms with van der Waals surface area (Å²) in [7, 11) is 0. The van der Waals surface area contributed by atoms with Crippen LogP contribution in [0.25, 0.3) is 0 Å². The first-order valence-corrected chi connectivity index (χ1v) is 13.0. The Kier molecular flexibility index (Phi) is 7.18. The molecule has 1 saturated heterocycles. The Hall–Kier alpha value is -3.64. The molecule has 6 N–H and O–H groups in total. The number of thioether (sulfide) groups is 2. The molecule has 2 aromatic heterocycles. The second kappa shape index (κ2) is 10.2. The number of carboxylic acid groups (broad SMARTS) is 1. The lowest BCUT2D eigenvalue weighted by Crippen LogP contribution is -2.71. The summed E-state index contributed by atoms with van der Waals surface area (Å²) in [5.74, 6) is -3.27. The van der Waals surface area contributed by atoms with Gasteiger partial charge >= 0.3 is 11.5 Å². The number of fused-ring (bicyclic) bond motifs is 1. The second-order valence-electron chi connectivity index (χ2n) is 7.28. The number of hydrogen-bond donors (Lipinski definition) is 5. The number of anilines is 1. The van der Waals surface area contributed by atoms with E-state index in [9.17, 15) is 34.6 Å². The lowest BCUT2D eigenvalue weighted by molar-refractivity contribution is -0.150. The van der Waals surface area contributed by atoms with Crippen LogP contribution in [0.4, 0.5) is 5.13 Å². The van der Waals surface area contributed by atoms with Crippen LogP contribution in [-0.4, -0.2) is 86.5 Å². The lowest BCUT2D eigenvalue weighted by atomic mass is 10.0. The van der Waals surface area contributed by atoms with Crippen LogP contribution >= 0.6 is 34.9 Å². The van der Waals surface area contributed by atoms with Crippen LogP contribution in [0.2, 0.25) is 0 Å². The Morgan fingerprint density at radius 3 is 2.72 bits per heavy atom. The Morgan fingerprint density at radius 2 is 2.11 bits per heavy atom. The molecule has 15 nitrogen and oxygen atoms in total. The van der Waals surface area contributed by atoms with Crippen LogP contribution < -0.4 is 16.6 Å². The van der Waals surface area contributed by atoms with Crippen LogP contribution in [-0.2, 0) is 20.9 Å². The molecule has 0 spiro atoms. The van der Waals surface area contributed by atoms with Gasteiger partial charge in [-0.1, -0.05) is 16.9 Å². The third-order valence-electron chi connectivity index (χ3n) is 5.21. The quantitative estimate of drug-likeness (QED) is 0.0878. The first-order chi connectivity index (χ1) is 17.2. The van der Waals surface area contributed by atoms with Crippen LogP contribution in [0.15, 0.2) is 31.8 Å². The van der Waals surface area contributed by atoms with Crippen LogP contribution in [0.3, 0.4) is 0 Å². The number of hydrogen-bond acceptors (Lipinski definition) is 14. The number of β-lactam (4-membered cyclic amide) rings is 1. The number of carboxylic acids is 1. The van der Waals surface area contributed by atoms with Crippen molar-refractivity contribution in [3.05, 3.63) is 32.7 Å². The van der Waals surface area contributed by atoms with E-state index in [1.165, 1.54) is 21.7 Å². The number of carbonyl (C=O) groups excluding carboxylic acids is 2. The van der Waals surface area contributed by atoms with Crippen molar-refractivity contribution in [2.45, 2.75) is 30.0 Å². The number of nitrogens with two attached hydrogens (primary N) is 1. The fraction of sp³-hybridized carbons (Fsp3) is 0.333. The molecule has 0 radical (unpaired) electrons. The van der Waals surface area contributed by atoms with Crippen LogP contribution in [0, 0.1) is 0 Å². The number of aromatic nitrogens is 4. The monoisotopic (exact) mass is 554 g/mol. The van der Waals surface area contributed by atoms with E-state index in [0.29, 0.717) is 5.57 Å². The summed E-state index contributed by atoms with van der Waals surface area (Å²) in [6.45, 7) is 1.89. The van der Waals surface area contributed by atoms with Gasteiger partial charge in [0.1, 0.15) is 22.8 Å². The molecule has 0 aromatic carbocycles. The average molecular weight is 555 g/mol. The van der Waals surface area contributed by atoms with Gasteiger partial charge < -0.3 is 26.5 Å². The van der Waals surface area contributed by atoms with E-state index in [1.807, 2.05) is 0 Å². The smallest absolute Gasteiger partial charge is 0.352 e. The van der Waals surface area contributed by atoms with Gasteiger partial charge in [0.25, 0.3) is 17.7 Å². The lowest BCUT2D eigenvalue weighted by Gasteiger charge is -2.49. The Balaban J connectivity index is 1.51. The maximum atomic E-state index is 12.9. The molecule has 0 bridgehead atoms. The predicted molar refractivity (Wildman–Crippen MR) is 129 cm³/mol. The maximum absolute atomic E-state index is 12.9. The van der Waals surface area contributed by atoms with Gasteiger partial charge in [0.05, 0.1) is 0 Å². The molecule has 1 unspecified atom stereocenters. The molecular weight excluding hydrogens is 536 g/mol. The molecule has 0 aliphatic carbocycles. The average Bonchev–Trinajstić information content (AvgIpc) is 3.28. The van der Waals surface area contributed by atoms with E-state index in [1.54, 1.807) is 6.92 Å². The summed E-state index contributed by atoms with van der Waals surface area (Å²) in [6, 6.07) is -1.05. The second-order valence-corrected chi connectivity index (χ2v) is 10.2. The molecule has 2 aliphatic heterocycles. The maximum Gasteiger partial charge on any atom is 0.352 e. The summed E-state index contributed by atoms with van der Waals surface area (Å²) in [5.41, 5.74) is 4.62. The van der Waals surface area contributed by atoms with Crippen molar-refractivity contribution in [2.75, 3.05) is 17.2 Å². The molecular formula is C18H18N8O7S3. The molecule has 2 aliphatic rings. The molecule has 1 fully saturated rings. The van der Waals surface area contributed by atoms with Crippen molar-refractivity contribution in [1.82, 2.24) is 30.0 Å². The van der Waals surface area contributed by atoms with Crippen molar-refractivity contribution >= 4 is 63.5 Å². The zero-order valence-electron chi connectivity index (χ0n) is 18.3. The van der Waals surface area contributed by atoms with E-state index in [0.717, 1.165) is 28.0 Å². The molecule has 190 valence electrons. The fourth-order valence-electron chi connectivity index (χ4n) is 3.55. The number of nitrogens with zero attached hydrogens (tertiary/aromatic N) is 6. The Labute approximate surface area is 214 Å². The largest absolute Gasteiger partial charge is 0.488 e. The number of oxime groups is 1. The van der Waals surface area contributed by atoms with E-state index in [-0.39, 0.29) is 39.7 Å². The highest BCUT2D eigenvalue weighted by Crippen LogP contribution is 2.41. The predicted octanol–water partition coefficient (Wildman–Crippen LogP) is -0.888. The molecule has 18 heteroatoms. The summed E-state index contributed by atoms with van der Waals surface area (Å²) in [4.78, 5) is 54.5. The molecule has 4 rings (SSSR count). The number of aromatic hydroxyl groups is 1. The summed E-state index contributed by atoms with van der Waals surface area (Å²) in [5, 5.41) is 42.2. The molecule has 4 heterocycles. The van der Waals surface area contributed by atoms with E-state index in [2.05, 4.69) is 25.7 Å². The Bertz CT molecular complexity index is 1370. The normalized spacial score (nSPS) is 19.6. The highest BCUT2D eigenvalue weighted by molar-refractivity contribution is 8.01. The summed E-state index contributed by atoms with van der Waals surface area (Å²) < 4.78 is 1.20. The minimum Gasteiger partial charge on any atom is -0.488 e. The minimum absolute atomic E-state index is 0.0331. The number of nitrogens with one attached hydrogen (secondary N) is 1. The minimum atomic E-state index is -1.32. The topological polar surface area (TPSA) is 226 Å². The number of amides is 2. The van der Waals surface area contributed by atoms with Crippen molar-refractivity contribution < 1.29 is 29.8 Å². The molecule has 2 atom stereocenters. The van der Waals surface area contributed by atoms with E-state index >= 15 is 0 Å². The van der Waals surface area contributed by atoms with Gasteiger partial charge in [-0.25, -0.2) is 9.78 Å². The van der Waals surface area contributed by atoms with Gasteiger partial charge in [0, 0.05) is 23.4 Å². The highest BCUT2D eigenvalue weighted by Gasteiger charge is 2.54. The SMILES string of the molecule is CCn1c(SCC2=C(C(=O)O)N3C(=O)C(NC(=O)/C(=N\O)c4csc(N)n4)[C@H]3SC2)nnc(O)c1=O. The van der Waals surface area contributed by atoms with Gasteiger partial charge in [0.15, 0.2) is 16.0 Å². The van der Waals surface area contributed by atoms with Gasteiger partial charge in [-0.3, -0.25) is 23.9 Å².